The molecule has 0 aromatic rings. The number of rotatable bonds is 0. The number of ether oxygens (including phenoxy) is 1. The Labute approximate surface area is 139 Å². The zero-order valence-corrected chi connectivity index (χ0v) is 14.9. The highest BCUT2D eigenvalue weighted by molar-refractivity contribution is 5.91. The van der Waals surface area contributed by atoms with Gasteiger partial charge >= 0.3 is 5.97 Å². The number of aliphatic hydroxyl groups is 1. The van der Waals surface area contributed by atoms with Crippen LogP contribution in [0.15, 0.2) is 11.6 Å². The molecule has 3 nitrogen and oxygen atoms in total. The summed E-state index contributed by atoms with van der Waals surface area (Å²) >= 11 is 0. The Balaban J connectivity index is 1.82. The lowest BCUT2D eigenvalue weighted by Crippen LogP contribution is -2.61. The molecule has 3 fully saturated rings. The molecule has 0 radical (unpaired) electrons. The molecular weight excluding hydrogens is 288 g/mol. The van der Waals surface area contributed by atoms with Crippen LogP contribution in [0.25, 0.3) is 0 Å². The standard InChI is InChI=1S/C20H30O3/c1-18(2)7-5-8-20(4)15(18)6-9-19(3)13-11-23-17(22)12(13)10-14(21)16(19)20/h10,13-16,21H,5-9,11H2,1-4H3/t13-,14-,15+,16+,19+,20+/m1/s1. The molecule has 1 saturated heterocycles. The number of carbonyl (C=O) groups excluding carboxylic acids is 1. The van der Waals surface area contributed by atoms with Gasteiger partial charge in [-0.05, 0) is 53.9 Å². The third kappa shape index (κ3) is 1.89. The van der Waals surface area contributed by atoms with Crippen LogP contribution in [0.1, 0.15) is 59.8 Å². The lowest BCUT2D eigenvalue weighted by atomic mass is 9.39. The van der Waals surface area contributed by atoms with Crippen LogP contribution in [0.2, 0.25) is 0 Å². The molecular formula is C20H30O3. The van der Waals surface area contributed by atoms with Gasteiger partial charge in [-0.25, -0.2) is 4.79 Å². The summed E-state index contributed by atoms with van der Waals surface area (Å²) in [6.07, 6.45) is 7.36. The van der Waals surface area contributed by atoms with Gasteiger partial charge in [-0.15, -0.1) is 0 Å². The van der Waals surface area contributed by atoms with Crippen LogP contribution in [-0.4, -0.2) is 23.8 Å². The van der Waals surface area contributed by atoms with E-state index in [9.17, 15) is 9.90 Å². The molecule has 1 aliphatic heterocycles. The Morgan fingerprint density at radius 1 is 1.13 bits per heavy atom. The Morgan fingerprint density at radius 2 is 1.87 bits per heavy atom. The second-order valence-corrected chi connectivity index (χ2v) is 9.69. The van der Waals surface area contributed by atoms with Crippen molar-refractivity contribution in [3.8, 4) is 0 Å². The van der Waals surface area contributed by atoms with Crippen molar-refractivity contribution in [1.82, 2.24) is 0 Å². The Bertz CT molecular complexity index is 577. The molecule has 4 aliphatic rings. The van der Waals surface area contributed by atoms with Gasteiger partial charge in [0.25, 0.3) is 0 Å². The summed E-state index contributed by atoms with van der Waals surface area (Å²) in [5.41, 5.74) is 1.23. The van der Waals surface area contributed by atoms with Crippen LogP contribution in [0.5, 0.6) is 0 Å². The predicted molar refractivity (Wildman–Crippen MR) is 88.6 cm³/mol. The van der Waals surface area contributed by atoms with E-state index in [1.165, 1.54) is 25.7 Å². The smallest absolute Gasteiger partial charge is 0.334 e. The van der Waals surface area contributed by atoms with Crippen LogP contribution >= 0.6 is 0 Å². The van der Waals surface area contributed by atoms with Crippen LogP contribution in [-0.2, 0) is 9.53 Å². The van der Waals surface area contributed by atoms with E-state index in [1.807, 2.05) is 6.08 Å². The zero-order chi connectivity index (χ0) is 16.6. The monoisotopic (exact) mass is 318 g/mol. The van der Waals surface area contributed by atoms with Gasteiger partial charge in [-0.1, -0.05) is 34.1 Å². The first-order valence-electron chi connectivity index (χ1n) is 9.27. The van der Waals surface area contributed by atoms with Crippen molar-refractivity contribution in [1.29, 1.82) is 0 Å². The molecule has 4 rings (SSSR count). The molecule has 0 spiro atoms. The first kappa shape index (κ1) is 15.7. The van der Waals surface area contributed by atoms with Crippen molar-refractivity contribution in [2.24, 2.45) is 34.0 Å². The van der Waals surface area contributed by atoms with Crippen LogP contribution in [0, 0.1) is 34.0 Å². The van der Waals surface area contributed by atoms with Gasteiger partial charge in [0, 0.05) is 17.4 Å². The van der Waals surface area contributed by atoms with Crippen molar-refractivity contribution < 1.29 is 14.6 Å². The summed E-state index contributed by atoms with van der Waals surface area (Å²) in [4.78, 5) is 12.0. The van der Waals surface area contributed by atoms with Crippen molar-refractivity contribution in [3.63, 3.8) is 0 Å². The average molecular weight is 318 g/mol. The Kier molecular flexibility index (Phi) is 3.15. The maximum atomic E-state index is 12.0. The van der Waals surface area contributed by atoms with E-state index in [0.29, 0.717) is 17.9 Å². The average Bonchev–Trinajstić information content (AvgIpc) is 2.79. The second kappa shape index (κ2) is 4.62. The SMILES string of the molecule is CC1(C)CCC[C@]2(C)[C@H]3[C@H](O)C=C4C(=O)OC[C@H]4[C@]3(C)CC[C@@H]12. The summed E-state index contributed by atoms with van der Waals surface area (Å²) < 4.78 is 5.35. The minimum Gasteiger partial charge on any atom is -0.462 e. The third-order valence-electron chi connectivity index (χ3n) is 8.15. The topological polar surface area (TPSA) is 46.5 Å². The van der Waals surface area contributed by atoms with Gasteiger partial charge in [0.15, 0.2) is 0 Å². The fourth-order valence-electron chi connectivity index (χ4n) is 7.28. The molecule has 0 amide bonds. The molecule has 1 N–H and O–H groups in total. The fourth-order valence-corrected chi connectivity index (χ4v) is 7.28. The van der Waals surface area contributed by atoms with Crippen LogP contribution in [0.3, 0.4) is 0 Å². The second-order valence-electron chi connectivity index (χ2n) is 9.69. The van der Waals surface area contributed by atoms with E-state index in [-0.39, 0.29) is 28.6 Å². The van der Waals surface area contributed by atoms with Crippen molar-refractivity contribution in [3.05, 3.63) is 11.6 Å². The summed E-state index contributed by atoms with van der Waals surface area (Å²) in [5, 5.41) is 11.0. The molecule has 6 atom stereocenters. The van der Waals surface area contributed by atoms with E-state index in [4.69, 9.17) is 4.74 Å². The van der Waals surface area contributed by atoms with Gasteiger partial charge in [-0.2, -0.15) is 0 Å². The van der Waals surface area contributed by atoms with E-state index in [1.54, 1.807) is 0 Å². The molecule has 128 valence electrons. The minimum atomic E-state index is -0.515. The van der Waals surface area contributed by atoms with Crippen molar-refractivity contribution in [2.45, 2.75) is 65.9 Å². The maximum Gasteiger partial charge on any atom is 0.334 e. The van der Waals surface area contributed by atoms with Gasteiger partial charge in [-0.3, -0.25) is 0 Å². The molecule has 3 aliphatic carbocycles. The predicted octanol–water partition coefficient (Wildman–Crippen LogP) is 3.71. The Hall–Kier alpha value is -0.830. The molecule has 3 heteroatoms. The largest absolute Gasteiger partial charge is 0.462 e. The summed E-state index contributed by atoms with van der Waals surface area (Å²) in [6.45, 7) is 10.1. The number of hydrogen-bond donors (Lipinski definition) is 1. The molecule has 0 bridgehead atoms. The summed E-state index contributed by atoms with van der Waals surface area (Å²) in [5.74, 6) is 0.859. The highest BCUT2D eigenvalue weighted by Gasteiger charge is 2.64. The fraction of sp³-hybridized carbons (Fsp3) is 0.850. The van der Waals surface area contributed by atoms with Crippen LogP contribution in [0.4, 0.5) is 0 Å². The summed E-state index contributed by atoms with van der Waals surface area (Å²) in [7, 11) is 0. The highest BCUT2D eigenvalue weighted by Crippen LogP contribution is 2.68. The maximum absolute atomic E-state index is 12.0. The van der Waals surface area contributed by atoms with E-state index < -0.39 is 6.10 Å². The number of aliphatic hydroxyl groups excluding tert-OH is 1. The Morgan fingerprint density at radius 3 is 2.61 bits per heavy atom. The molecule has 1 heterocycles. The molecule has 0 aromatic heterocycles. The van der Waals surface area contributed by atoms with E-state index >= 15 is 0 Å². The van der Waals surface area contributed by atoms with Gasteiger partial charge < -0.3 is 9.84 Å². The first-order valence-corrected chi connectivity index (χ1v) is 9.27. The normalized spacial score (nSPS) is 51.2. The minimum absolute atomic E-state index is 0.0195. The van der Waals surface area contributed by atoms with E-state index in [0.717, 1.165) is 12.0 Å². The first-order chi connectivity index (χ1) is 10.7. The molecule has 0 aromatic carbocycles. The molecule has 2 saturated carbocycles. The van der Waals surface area contributed by atoms with E-state index in [2.05, 4.69) is 27.7 Å². The summed E-state index contributed by atoms with van der Waals surface area (Å²) in [6, 6.07) is 0. The number of fused-ring (bicyclic) bond motifs is 5. The van der Waals surface area contributed by atoms with Gasteiger partial charge in [0.05, 0.1) is 12.7 Å². The zero-order valence-electron chi connectivity index (χ0n) is 14.9. The number of hydrogen-bond acceptors (Lipinski definition) is 3. The van der Waals surface area contributed by atoms with Crippen molar-refractivity contribution in [2.75, 3.05) is 6.61 Å². The molecule has 23 heavy (non-hydrogen) atoms. The lowest BCUT2D eigenvalue weighted by molar-refractivity contribution is -0.175. The quantitative estimate of drug-likeness (QED) is 0.693. The third-order valence-corrected chi connectivity index (χ3v) is 8.15. The van der Waals surface area contributed by atoms with Gasteiger partial charge in [0.2, 0.25) is 0 Å². The lowest BCUT2D eigenvalue weighted by Gasteiger charge is -2.65. The highest BCUT2D eigenvalue weighted by atomic mass is 16.5. The number of cyclic esters (lactones) is 1. The van der Waals surface area contributed by atoms with Crippen molar-refractivity contribution >= 4 is 5.97 Å². The van der Waals surface area contributed by atoms with Crippen LogP contribution < -0.4 is 0 Å². The molecule has 0 unspecified atom stereocenters. The number of carbonyl (C=O) groups is 1. The van der Waals surface area contributed by atoms with Gasteiger partial charge in [0.1, 0.15) is 0 Å². The number of esters is 1.